The quantitative estimate of drug-likeness (QED) is 0.683. The molecule has 0 fully saturated rings. The normalized spacial score (nSPS) is 12.5. The lowest BCUT2D eigenvalue weighted by molar-refractivity contribution is 0.0721. The zero-order chi connectivity index (χ0) is 18.5. The van der Waals surface area contributed by atoms with Gasteiger partial charge in [-0.1, -0.05) is 5.16 Å². The van der Waals surface area contributed by atoms with Gasteiger partial charge >= 0.3 is 5.69 Å². The third-order valence-corrected chi connectivity index (χ3v) is 5.34. The van der Waals surface area contributed by atoms with E-state index >= 15 is 0 Å². The molecule has 0 saturated carbocycles. The van der Waals surface area contributed by atoms with Crippen molar-refractivity contribution in [1.29, 1.82) is 0 Å². The number of amides is 1. The van der Waals surface area contributed by atoms with Gasteiger partial charge in [0.1, 0.15) is 10.9 Å². The number of hydrogen-bond donors (Lipinski definition) is 0. The molecule has 0 aromatic carbocycles. The highest BCUT2D eigenvalue weighted by molar-refractivity contribution is 7.20. The molecule has 1 unspecified atom stereocenters. The van der Waals surface area contributed by atoms with Crippen molar-refractivity contribution in [2.45, 2.75) is 19.9 Å². The predicted molar refractivity (Wildman–Crippen MR) is 91.9 cm³/mol. The first-order valence-corrected chi connectivity index (χ1v) is 8.31. The Hall–Kier alpha value is -2.75. The van der Waals surface area contributed by atoms with Crippen LogP contribution in [0.15, 0.2) is 20.2 Å². The van der Waals surface area contributed by atoms with Crippen molar-refractivity contribution >= 4 is 27.5 Å². The number of hydrogen-bond acceptors (Lipinski definition) is 7. The van der Waals surface area contributed by atoms with Gasteiger partial charge < -0.3 is 9.42 Å². The number of fused-ring (bicyclic) bond motifs is 1. The molecule has 1 atom stereocenters. The average Bonchev–Trinajstić information content (AvgIpc) is 3.22. The monoisotopic (exact) mass is 363 g/mol. The minimum atomic E-state index is -0.429. The number of nitrogens with zero attached hydrogens (tertiary/aromatic N) is 5. The summed E-state index contributed by atoms with van der Waals surface area (Å²) in [5, 5.41) is 4.07. The standard InChI is InChI=1S/C15H17N5O4S/c1-7(11-16-8(2)17-24-11)18(3)13(22)10-6-9-12(21)19(4)15(23)20(5)14(9)25-10/h6-7H,1-5H3. The minimum Gasteiger partial charge on any atom is -0.337 e. The summed E-state index contributed by atoms with van der Waals surface area (Å²) in [4.78, 5) is 43.5. The fraction of sp³-hybridized carbons (Fsp3) is 0.400. The third-order valence-electron chi connectivity index (χ3n) is 4.14. The van der Waals surface area contributed by atoms with E-state index in [-0.39, 0.29) is 5.91 Å². The fourth-order valence-corrected chi connectivity index (χ4v) is 3.55. The molecule has 0 saturated heterocycles. The highest BCUT2D eigenvalue weighted by Gasteiger charge is 2.25. The molecule has 3 aromatic rings. The Balaban J connectivity index is 2.03. The predicted octanol–water partition coefficient (Wildman–Crippen LogP) is 0.823. The number of rotatable bonds is 3. The molecule has 3 heterocycles. The summed E-state index contributed by atoms with van der Waals surface area (Å²) in [5.41, 5.74) is -0.849. The first-order valence-electron chi connectivity index (χ1n) is 7.49. The van der Waals surface area contributed by atoms with Gasteiger partial charge in [0.05, 0.1) is 10.3 Å². The van der Waals surface area contributed by atoms with E-state index in [0.717, 1.165) is 15.9 Å². The van der Waals surface area contributed by atoms with Gasteiger partial charge in [0.2, 0.25) is 5.89 Å². The van der Waals surface area contributed by atoms with Crippen LogP contribution in [-0.2, 0) is 14.1 Å². The molecule has 0 bridgehead atoms. The number of aromatic nitrogens is 4. The van der Waals surface area contributed by atoms with Crippen molar-refractivity contribution in [3.8, 4) is 0 Å². The second-order valence-corrected chi connectivity index (χ2v) is 6.84. The van der Waals surface area contributed by atoms with E-state index < -0.39 is 17.3 Å². The molecule has 10 heteroatoms. The summed E-state index contributed by atoms with van der Waals surface area (Å²) < 4.78 is 7.50. The van der Waals surface area contributed by atoms with Gasteiger partial charge in [-0.2, -0.15) is 4.98 Å². The van der Waals surface area contributed by atoms with Crippen LogP contribution >= 0.6 is 11.3 Å². The van der Waals surface area contributed by atoms with Crippen molar-refractivity contribution in [1.82, 2.24) is 24.2 Å². The molecule has 0 aliphatic carbocycles. The third kappa shape index (κ3) is 2.68. The molecular weight excluding hydrogens is 346 g/mol. The van der Waals surface area contributed by atoms with E-state index in [2.05, 4.69) is 10.1 Å². The highest BCUT2D eigenvalue weighted by Crippen LogP contribution is 2.26. The molecule has 132 valence electrons. The number of carbonyl (C=O) groups excluding carboxylic acids is 1. The van der Waals surface area contributed by atoms with Crippen LogP contribution in [0.25, 0.3) is 10.2 Å². The molecular formula is C15H17N5O4S. The molecule has 0 N–H and O–H groups in total. The van der Waals surface area contributed by atoms with Crippen LogP contribution in [0.3, 0.4) is 0 Å². The first-order chi connectivity index (χ1) is 11.7. The SMILES string of the molecule is Cc1noc(C(C)N(C)C(=O)c2cc3c(=O)n(C)c(=O)n(C)c3s2)n1. The summed E-state index contributed by atoms with van der Waals surface area (Å²) in [6.45, 7) is 3.47. The Morgan fingerprint density at radius 3 is 2.60 bits per heavy atom. The summed E-state index contributed by atoms with van der Waals surface area (Å²) in [6, 6.07) is 1.09. The summed E-state index contributed by atoms with van der Waals surface area (Å²) in [7, 11) is 4.60. The van der Waals surface area contributed by atoms with Crippen LogP contribution < -0.4 is 11.2 Å². The molecule has 0 aliphatic heterocycles. The smallest absolute Gasteiger partial charge is 0.331 e. The zero-order valence-corrected chi connectivity index (χ0v) is 15.2. The van der Waals surface area contributed by atoms with Crippen molar-refractivity contribution in [2.75, 3.05) is 7.05 Å². The molecule has 0 radical (unpaired) electrons. The lowest BCUT2D eigenvalue weighted by Crippen LogP contribution is -2.36. The summed E-state index contributed by atoms with van der Waals surface area (Å²) >= 11 is 1.11. The van der Waals surface area contributed by atoms with Crippen molar-refractivity contribution in [3.05, 3.63) is 43.5 Å². The molecule has 1 amide bonds. The van der Waals surface area contributed by atoms with Crippen LogP contribution in [0, 0.1) is 6.92 Å². The maximum atomic E-state index is 12.8. The maximum Gasteiger partial charge on any atom is 0.331 e. The van der Waals surface area contributed by atoms with Crippen LogP contribution in [0.4, 0.5) is 0 Å². The lowest BCUT2D eigenvalue weighted by Gasteiger charge is -2.21. The van der Waals surface area contributed by atoms with Gasteiger partial charge in [0, 0.05) is 21.1 Å². The van der Waals surface area contributed by atoms with Gasteiger partial charge in [0.25, 0.3) is 11.5 Å². The van der Waals surface area contributed by atoms with E-state index in [9.17, 15) is 14.4 Å². The van der Waals surface area contributed by atoms with Gasteiger partial charge in [-0.25, -0.2) is 4.79 Å². The topological polar surface area (TPSA) is 103 Å². The van der Waals surface area contributed by atoms with Crippen molar-refractivity contribution < 1.29 is 9.32 Å². The Kier molecular flexibility index (Phi) is 4.07. The molecule has 3 rings (SSSR count). The number of thiophene rings is 1. The zero-order valence-electron chi connectivity index (χ0n) is 14.4. The van der Waals surface area contributed by atoms with Crippen LogP contribution in [0.1, 0.15) is 34.4 Å². The van der Waals surface area contributed by atoms with E-state index in [1.807, 2.05) is 0 Å². The molecule has 0 aliphatic rings. The van der Waals surface area contributed by atoms with Crippen LogP contribution in [0.2, 0.25) is 0 Å². The van der Waals surface area contributed by atoms with Gasteiger partial charge in [0.15, 0.2) is 5.82 Å². The largest absolute Gasteiger partial charge is 0.337 e. The lowest BCUT2D eigenvalue weighted by atomic mass is 10.2. The number of carbonyl (C=O) groups is 1. The molecule has 3 aromatic heterocycles. The van der Waals surface area contributed by atoms with E-state index in [0.29, 0.717) is 26.8 Å². The Bertz CT molecular complexity index is 1090. The van der Waals surface area contributed by atoms with Crippen LogP contribution in [0.5, 0.6) is 0 Å². The fourth-order valence-electron chi connectivity index (χ4n) is 2.47. The molecule has 0 spiro atoms. The second kappa shape index (κ2) is 5.96. The minimum absolute atomic E-state index is 0.293. The van der Waals surface area contributed by atoms with Gasteiger partial charge in [-0.05, 0) is 19.9 Å². The van der Waals surface area contributed by atoms with E-state index in [1.165, 1.54) is 22.6 Å². The highest BCUT2D eigenvalue weighted by atomic mass is 32.1. The Labute approximate surface area is 146 Å². The van der Waals surface area contributed by atoms with Gasteiger partial charge in [-0.3, -0.25) is 18.7 Å². The second-order valence-electron chi connectivity index (χ2n) is 5.81. The Morgan fingerprint density at radius 2 is 2.00 bits per heavy atom. The Morgan fingerprint density at radius 1 is 1.32 bits per heavy atom. The summed E-state index contributed by atoms with van der Waals surface area (Å²) in [6.07, 6.45) is 0. The van der Waals surface area contributed by atoms with Gasteiger partial charge in [-0.15, -0.1) is 11.3 Å². The van der Waals surface area contributed by atoms with Crippen molar-refractivity contribution in [3.63, 3.8) is 0 Å². The maximum absolute atomic E-state index is 12.8. The van der Waals surface area contributed by atoms with Crippen LogP contribution in [-0.4, -0.2) is 37.1 Å². The number of aryl methyl sites for hydroxylation is 2. The van der Waals surface area contributed by atoms with E-state index in [1.54, 1.807) is 27.9 Å². The molecule has 25 heavy (non-hydrogen) atoms. The summed E-state index contributed by atoms with van der Waals surface area (Å²) in [5.74, 6) is 0.528. The first kappa shape index (κ1) is 17.1. The molecule has 9 nitrogen and oxygen atoms in total. The van der Waals surface area contributed by atoms with Crippen molar-refractivity contribution in [2.24, 2.45) is 14.1 Å². The average molecular weight is 363 g/mol. The van der Waals surface area contributed by atoms with E-state index in [4.69, 9.17) is 4.52 Å².